The second-order valence-corrected chi connectivity index (χ2v) is 8.98. The lowest BCUT2D eigenvalue weighted by Crippen LogP contribution is -2.08. The van der Waals surface area contributed by atoms with Gasteiger partial charge in [0.05, 0.1) is 6.61 Å². The number of rotatable bonds is 18. The number of aromatic hydroxyl groups is 1. The van der Waals surface area contributed by atoms with Crippen LogP contribution in [0.3, 0.4) is 0 Å². The Hall–Kier alpha value is -2.10. The van der Waals surface area contributed by atoms with Gasteiger partial charge >= 0.3 is 5.97 Å². The number of ether oxygens (including phenoxy) is 1. The average molecular weight is 442 g/mol. The smallest absolute Gasteiger partial charge is 0.356 e. The van der Waals surface area contributed by atoms with Crippen molar-refractivity contribution in [1.82, 2.24) is 4.98 Å². The zero-order valence-corrected chi connectivity index (χ0v) is 20.1. The molecule has 0 atom stereocenters. The van der Waals surface area contributed by atoms with Gasteiger partial charge in [0.25, 0.3) is 0 Å². The third-order valence-corrected chi connectivity index (χ3v) is 6.14. The molecule has 0 fully saturated rings. The maximum atomic E-state index is 12.2. The van der Waals surface area contributed by atoms with Crippen LogP contribution in [0.1, 0.15) is 120 Å². The van der Waals surface area contributed by atoms with E-state index in [1.54, 1.807) is 24.3 Å². The Balaban J connectivity index is 1.40. The third-order valence-electron chi connectivity index (χ3n) is 6.14. The summed E-state index contributed by atoms with van der Waals surface area (Å²) < 4.78 is 5.35. The normalized spacial score (nSPS) is 11.2. The van der Waals surface area contributed by atoms with Crippen molar-refractivity contribution in [2.24, 2.45) is 0 Å². The van der Waals surface area contributed by atoms with Crippen molar-refractivity contribution in [3.8, 4) is 5.75 Å². The Bertz CT molecular complexity index is 774. The number of carbonyl (C=O) groups excluding carboxylic acids is 1. The third kappa shape index (κ3) is 10.5. The van der Waals surface area contributed by atoms with E-state index in [-0.39, 0.29) is 11.4 Å². The molecule has 32 heavy (non-hydrogen) atoms. The van der Waals surface area contributed by atoms with Crippen molar-refractivity contribution in [3.63, 3.8) is 0 Å². The van der Waals surface area contributed by atoms with Crippen molar-refractivity contribution in [3.05, 3.63) is 36.0 Å². The van der Waals surface area contributed by atoms with Crippen LogP contribution in [0.15, 0.2) is 30.3 Å². The van der Waals surface area contributed by atoms with Gasteiger partial charge in [-0.15, -0.1) is 0 Å². The number of para-hydroxylation sites is 1. The molecule has 0 aliphatic rings. The number of pyridine rings is 1. The summed E-state index contributed by atoms with van der Waals surface area (Å²) in [5.74, 6) is -0.342. The van der Waals surface area contributed by atoms with Crippen LogP contribution < -0.4 is 0 Å². The summed E-state index contributed by atoms with van der Waals surface area (Å²) in [6, 6.07) is 8.62. The van der Waals surface area contributed by atoms with Gasteiger partial charge in [0.2, 0.25) is 0 Å². The highest BCUT2D eigenvalue weighted by atomic mass is 16.5. The quantitative estimate of drug-likeness (QED) is 0.186. The topological polar surface area (TPSA) is 59.4 Å². The number of carbonyl (C=O) groups is 1. The molecule has 1 aromatic carbocycles. The summed E-state index contributed by atoms with van der Waals surface area (Å²) in [5, 5.41) is 10.7. The molecule has 0 amide bonds. The van der Waals surface area contributed by atoms with Crippen LogP contribution >= 0.6 is 0 Å². The molecule has 1 heterocycles. The monoisotopic (exact) mass is 441 g/mol. The Morgan fingerprint density at radius 1 is 0.750 bits per heavy atom. The van der Waals surface area contributed by atoms with Crippen LogP contribution in [0.4, 0.5) is 0 Å². The summed E-state index contributed by atoms with van der Waals surface area (Å²) >= 11 is 0. The van der Waals surface area contributed by atoms with E-state index in [9.17, 15) is 9.90 Å². The van der Waals surface area contributed by atoms with Crippen molar-refractivity contribution in [2.45, 2.75) is 110 Å². The highest BCUT2D eigenvalue weighted by Crippen LogP contribution is 2.22. The van der Waals surface area contributed by atoms with E-state index in [1.165, 1.54) is 89.9 Å². The molecule has 0 unspecified atom stereocenters. The minimum Gasteiger partial charge on any atom is -0.506 e. The van der Waals surface area contributed by atoms with E-state index in [0.717, 1.165) is 18.2 Å². The number of fused-ring (bicyclic) bond motifs is 1. The predicted molar refractivity (Wildman–Crippen MR) is 133 cm³/mol. The molecule has 0 bridgehead atoms. The SMILES string of the molecule is CCCCCCCCCCCCCCCCCCOC(=O)c1ccc2cccc(O)c2n1. The van der Waals surface area contributed by atoms with Gasteiger partial charge in [-0.05, 0) is 18.6 Å². The zero-order chi connectivity index (χ0) is 22.9. The van der Waals surface area contributed by atoms with Gasteiger partial charge in [-0.3, -0.25) is 0 Å². The van der Waals surface area contributed by atoms with Gasteiger partial charge in [0, 0.05) is 5.39 Å². The Morgan fingerprint density at radius 3 is 1.84 bits per heavy atom. The van der Waals surface area contributed by atoms with Crippen LogP contribution in [0, 0.1) is 0 Å². The van der Waals surface area contributed by atoms with E-state index in [4.69, 9.17) is 4.74 Å². The molecule has 0 radical (unpaired) electrons. The van der Waals surface area contributed by atoms with Crippen LogP contribution in [-0.2, 0) is 4.74 Å². The van der Waals surface area contributed by atoms with Crippen molar-refractivity contribution in [2.75, 3.05) is 6.61 Å². The lowest BCUT2D eigenvalue weighted by Gasteiger charge is -2.06. The Labute approximate surface area is 194 Å². The lowest BCUT2D eigenvalue weighted by molar-refractivity contribution is 0.0491. The average Bonchev–Trinajstić information content (AvgIpc) is 2.81. The standard InChI is InChI=1S/C28H43NO3/c1-2-3-4-5-6-7-8-9-10-11-12-13-14-15-16-17-23-32-28(31)25-22-21-24-19-18-20-26(30)27(24)29-25/h18-22,30H,2-17,23H2,1H3. The molecule has 0 aliphatic carbocycles. The van der Waals surface area contributed by atoms with Crippen molar-refractivity contribution < 1.29 is 14.6 Å². The first-order chi connectivity index (χ1) is 15.7. The van der Waals surface area contributed by atoms with Gasteiger partial charge in [-0.1, -0.05) is 121 Å². The second kappa shape index (κ2) is 16.5. The Morgan fingerprint density at radius 2 is 1.28 bits per heavy atom. The summed E-state index contributed by atoms with van der Waals surface area (Å²) in [7, 11) is 0. The number of unbranched alkanes of at least 4 members (excludes halogenated alkanes) is 15. The summed E-state index contributed by atoms with van der Waals surface area (Å²) in [5.41, 5.74) is 0.680. The first kappa shape index (κ1) is 26.2. The van der Waals surface area contributed by atoms with Crippen LogP contribution in [0.2, 0.25) is 0 Å². The molecule has 178 valence electrons. The second-order valence-electron chi connectivity index (χ2n) is 8.98. The van der Waals surface area contributed by atoms with E-state index in [2.05, 4.69) is 11.9 Å². The minimum atomic E-state index is -0.420. The maximum Gasteiger partial charge on any atom is 0.356 e. The van der Waals surface area contributed by atoms with Gasteiger partial charge in [0.15, 0.2) is 0 Å². The summed E-state index contributed by atoms with van der Waals surface area (Å²) in [6.07, 6.45) is 21.2. The van der Waals surface area contributed by atoms with Gasteiger partial charge < -0.3 is 9.84 Å². The molecule has 2 rings (SSSR count). The fourth-order valence-corrected chi connectivity index (χ4v) is 4.13. The number of benzene rings is 1. The summed E-state index contributed by atoms with van der Waals surface area (Å²) in [4.78, 5) is 16.4. The number of phenols is 1. The molecule has 4 heteroatoms. The van der Waals surface area contributed by atoms with E-state index >= 15 is 0 Å². The molecule has 0 saturated heterocycles. The molecule has 1 aromatic heterocycles. The largest absolute Gasteiger partial charge is 0.506 e. The maximum absolute atomic E-state index is 12.2. The molecule has 4 nitrogen and oxygen atoms in total. The van der Waals surface area contributed by atoms with Gasteiger partial charge in [-0.25, -0.2) is 9.78 Å². The number of hydrogen-bond acceptors (Lipinski definition) is 4. The van der Waals surface area contributed by atoms with E-state index in [1.807, 2.05) is 6.07 Å². The predicted octanol–water partition coefficient (Wildman–Crippen LogP) is 8.36. The molecule has 0 aliphatic heterocycles. The minimum absolute atomic E-state index is 0.0787. The molecule has 0 spiro atoms. The van der Waals surface area contributed by atoms with Gasteiger partial charge in [-0.2, -0.15) is 0 Å². The fraction of sp³-hybridized carbons (Fsp3) is 0.643. The van der Waals surface area contributed by atoms with Crippen LogP contribution in [0.25, 0.3) is 10.9 Å². The summed E-state index contributed by atoms with van der Waals surface area (Å²) in [6.45, 7) is 2.70. The molecule has 1 N–H and O–H groups in total. The van der Waals surface area contributed by atoms with Crippen LogP contribution in [-0.4, -0.2) is 22.7 Å². The number of aromatic nitrogens is 1. The van der Waals surface area contributed by atoms with Crippen LogP contribution in [0.5, 0.6) is 5.75 Å². The molecule has 0 saturated carbocycles. The number of esters is 1. The first-order valence-electron chi connectivity index (χ1n) is 13.0. The number of phenolic OH excluding ortho intramolecular Hbond substituents is 1. The lowest BCUT2D eigenvalue weighted by atomic mass is 10.0. The van der Waals surface area contributed by atoms with E-state index in [0.29, 0.717) is 12.1 Å². The zero-order valence-electron chi connectivity index (χ0n) is 20.1. The van der Waals surface area contributed by atoms with E-state index < -0.39 is 5.97 Å². The number of hydrogen-bond donors (Lipinski definition) is 1. The highest BCUT2D eigenvalue weighted by molar-refractivity contribution is 5.92. The molecule has 2 aromatic rings. The Kier molecular flexibility index (Phi) is 13.5. The fourth-order valence-electron chi connectivity index (χ4n) is 4.13. The molecular formula is C28H43NO3. The highest BCUT2D eigenvalue weighted by Gasteiger charge is 2.11. The van der Waals surface area contributed by atoms with Crippen molar-refractivity contribution in [1.29, 1.82) is 0 Å². The number of nitrogens with zero attached hydrogens (tertiary/aromatic N) is 1. The molecular weight excluding hydrogens is 398 g/mol. The van der Waals surface area contributed by atoms with Gasteiger partial charge in [0.1, 0.15) is 17.0 Å². The first-order valence-corrected chi connectivity index (χ1v) is 13.0. The van der Waals surface area contributed by atoms with Crippen molar-refractivity contribution >= 4 is 16.9 Å².